The first kappa shape index (κ1) is 15.2. The van der Waals surface area contributed by atoms with Crippen molar-refractivity contribution in [1.29, 1.82) is 0 Å². The zero-order valence-electron chi connectivity index (χ0n) is 12.0. The Balaban J connectivity index is 1.99. The molecule has 7 nitrogen and oxygen atoms in total. The predicted molar refractivity (Wildman–Crippen MR) is 75.4 cm³/mol. The number of H-pyrrole nitrogens is 1. The summed E-state index contributed by atoms with van der Waals surface area (Å²) >= 11 is 0. The Morgan fingerprint density at radius 2 is 2.00 bits per heavy atom. The van der Waals surface area contributed by atoms with Crippen LogP contribution in [0.1, 0.15) is 34.2 Å². The molecule has 1 aromatic rings. The largest absolute Gasteiger partial charge is 0.480 e. The van der Waals surface area contributed by atoms with E-state index < -0.39 is 5.97 Å². The number of aliphatic carboxylic acids is 1. The SMILES string of the molecule is CC(=O)c1c[nH]c(C(=O)N2CCCN(CC(=O)O)CC2)c1. The number of nitrogens with zero attached hydrogens (tertiary/aromatic N) is 2. The maximum absolute atomic E-state index is 12.4. The lowest BCUT2D eigenvalue weighted by Gasteiger charge is -2.20. The van der Waals surface area contributed by atoms with Crippen LogP contribution < -0.4 is 0 Å². The van der Waals surface area contributed by atoms with Crippen molar-refractivity contribution in [2.45, 2.75) is 13.3 Å². The maximum Gasteiger partial charge on any atom is 0.317 e. The molecule has 0 aliphatic carbocycles. The molecule has 7 heteroatoms. The molecule has 0 unspecified atom stereocenters. The molecule has 21 heavy (non-hydrogen) atoms. The van der Waals surface area contributed by atoms with Crippen LogP contribution in [-0.2, 0) is 4.79 Å². The molecule has 2 rings (SSSR count). The van der Waals surface area contributed by atoms with Crippen LogP contribution in [-0.4, -0.2) is 70.3 Å². The van der Waals surface area contributed by atoms with Crippen LogP contribution in [0.3, 0.4) is 0 Å². The summed E-state index contributed by atoms with van der Waals surface area (Å²) in [4.78, 5) is 40.7. The van der Waals surface area contributed by atoms with E-state index in [-0.39, 0.29) is 18.2 Å². The van der Waals surface area contributed by atoms with Gasteiger partial charge < -0.3 is 15.0 Å². The summed E-state index contributed by atoms with van der Waals surface area (Å²) in [5.74, 6) is -1.10. The molecule has 114 valence electrons. The fourth-order valence-electron chi connectivity index (χ4n) is 2.41. The van der Waals surface area contributed by atoms with Gasteiger partial charge in [0.25, 0.3) is 5.91 Å². The summed E-state index contributed by atoms with van der Waals surface area (Å²) in [5, 5.41) is 8.81. The molecule has 1 amide bonds. The van der Waals surface area contributed by atoms with E-state index in [1.165, 1.54) is 13.1 Å². The Labute approximate surface area is 122 Å². The number of aromatic amines is 1. The Bertz CT molecular complexity index is 552. The number of carboxylic acids is 1. The molecule has 1 saturated heterocycles. The van der Waals surface area contributed by atoms with Crippen LogP contribution in [0.4, 0.5) is 0 Å². The van der Waals surface area contributed by atoms with Crippen LogP contribution in [0, 0.1) is 0 Å². The van der Waals surface area contributed by atoms with Crippen molar-refractivity contribution in [3.8, 4) is 0 Å². The molecule has 0 atom stereocenters. The fraction of sp³-hybridized carbons (Fsp3) is 0.500. The van der Waals surface area contributed by atoms with Gasteiger partial charge >= 0.3 is 5.97 Å². The normalized spacial score (nSPS) is 16.5. The van der Waals surface area contributed by atoms with E-state index in [1.807, 2.05) is 4.90 Å². The number of carbonyl (C=O) groups is 3. The van der Waals surface area contributed by atoms with Crippen LogP contribution in [0.15, 0.2) is 12.3 Å². The van der Waals surface area contributed by atoms with E-state index in [2.05, 4.69) is 4.98 Å². The van der Waals surface area contributed by atoms with E-state index in [9.17, 15) is 14.4 Å². The molecule has 0 aromatic carbocycles. The monoisotopic (exact) mass is 293 g/mol. The average molecular weight is 293 g/mol. The molecule has 1 aromatic heterocycles. The highest BCUT2D eigenvalue weighted by Crippen LogP contribution is 2.10. The van der Waals surface area contributed by atoms with Gasteiger partial charge in [0.1, 0.15) is 5.69 Å². The number of hydrogen-bond acceptors (Lipinski definition) is 4. The van der Waals surface area contributed by atoms with Crippen LogP contribution in [0.5, 0.6) is 0 Å². The zero-order chi connectivity index (χ0) is 15.4. The Hall–Kier alpha value is -2.15. The molecule has 0 radical (unpaired) electrons. The summed E-state index contributed by atoms with van der Waals surface area (Å²) in [6.07, 6.45) is 2.27. The van der Waals surface area contributed by atoms with Gasteiger partial charge in [-0.15, -0.1) is 0 Å². The lowest BCUT2D eigenvalue weighted by molar-refractivity contribution is -0.138. The third kappa shape index (κ3) is 3.91. The quantitative estimate of drug-likeness (QED) is 0.786. The standard InChI is InChI=1S/C14H19N3O4/c1-10(18)11-7-12(15-8-11)14(21)17-4-2-3-16(5-6-17)9-13(19)20/h7-8,15H,2-6,9H2,1H3,(H,19,20). The van der Waals surface area contributed by atoms with Gasteiger partial charge in [0, 0.05) is 37.9 Å². The third-order valence-corrected chi connectivity index (χ3v) is 3.55. The number of nitrogens with one attached hydrogen (secondary N) is 1. The summed E-state index contributed by atoms with van der Waals surface area (Å²) < 4.78 is 0. The van der Waals surface area contributed by atoms with Gasteiger partial charge in [-0.25, -0.2) is 0 Å². The van der Waals surface area contributed by atoms with Crippen LogP contribution >= 0.6 is 0 Å². The number of hydrogen-bond donors (Lipinski definition) is 2. The Morgan fingerprint density at radius 1 is 1.24 bits per heavy atom. The fourth-order valence-corrected chi connectivity index (χ4v) is 2.41. The minimum Gasteiger partial charge on any atom is -0.480 e. The number of ketones is 1. The zero-order valence-corrected chi connectivity index (χ0v) is 12.0. The molecule has 2 heterocycles. The van der Waals surface area contributed by atoms with Gasteiger partial charge in [0.15, 0.2) is 5.78 Å². The van der Waals surface area contributed by atoms with Gasteiger partial charge in [-0.05, 0) is 19.4 Å². The lowest BCUT2D eigenvalue weighted by Crippen LogP contribution is -2.36. The van der Waals surface area contributed by atoms with Crippen LogP contribution in [0.2, 0.25) is 0 Å². The van der Waals surface area contributed by atoms with Crippen molar-refractivity contribution in [2.75, 3.05) is 32.7 Å². The molecule has 0 bridgehead atoms. The minimum atomic E-state index is -0.856. The highest BCUT2D eigenvalue weighted by molar-refractivity contribution is 5.99. The van der Waals surface area contributed by atoms with Gasteiger partial charge in [-0.1, -0.05) is 0 Å². The van der Waals surface area contributed by atoms with Gasteiger partial charge in [-0.3, -0.25) is 19.3 Å². The average Bonchev–Trinajstić information content (AvgIpc) is 2.80. The van der Waals surface area contributed by atoms with E-state index >= 15 is 0 Å². The van der Waals surface area contributed by atoms with Crippen molar-refractivity contribution in [3.05, 3.63) is 23.5 Å². The highest BCUT2D eigenvalue weighted by Gasteiger charge is 2.22. The molecule has 0 saturated carbocycles. The topological polar surface area (TPSA) is 93.7 Å². The maximum atomic E-state index is 12.4. The van der Waals surface area contributed by atoms with Crippen molar-refractivity contribution in [3.63, 3.8) is 0 Å². The number of amides is 1. The summed E-state index contributed by atoms with van der Waals surface area (Å²) in [5.41, 5.74) is 0.882. The Morgan fingerprint density at radius 3 is 2.62 bits per heavy atom. The molecule has 1 aliphatic rings. The molecular weight excluding hydrogens is 274 g/mol. The first-order valence-electron chi connectivity index (χ1n) is 6.90. The van der Waals surface area contributed by atoms with Crippen LogP contribution in [0.25, 0.3) is 0 Å². The third-order valence-electron chi connectivity index (χ3n) is 3.55. The van der Waals surface area contributed by atoms with E-state index in [0.29, 0.717) is 37.4 Å². The second-order valence-corrected chi connectivity index (χ2v) is 5.17. The first-order valence-corrected chi connectivity index (χ1v) is 6.90. The van der Waals surface area contributed by atoms with E-state index in [1.54, 1.807) is 11.0 Å². The van der Waals surface area contributed by atoms with Crippen molar-refractivity contribution < 1.29 is 19.5 Å². The van der Waals surface area contributed by atoms with E-state index in [0.717, 1.165) is 6.42 Å². The lowest BCUT2D eigenvalue weighted by atomic mass is 10.2. The smallest absolute Gasteiger partial charge is 0.317 e. The van der Waals surface area contributed by atoms with Crippen molar-refractivity contribution >= 4 is 17.7 Å². The van der Waals surface area contributed by atoms with Crippen molar-refractivity contribution in [1.82, 2.24) is 14.8 Å². The number of rotatable bonds is 4. The number of carbonyl (C=O) groups excluding carboxylic acids is 2. The second-order valence-electron chi connectivity index (χ2n) is 5.17. The number of carboxylic acid groups (broad SMARTS) is 1. The molecule has 0 spiro atoms. The summed E-state index contributed by atoms with van der Waals surface area (Å²) in [7, 11) is 0. The molecule has 2 N–H and O–H groups in total. The molecular formula is C14H19N3O4. The van der Waals surface area contributed by atoms with Gasteiger partial charge in [0.2, 0.25) is 0 Å². The van der Waals surface area contributed by atoms with Crippen molar-refractivity contribution in [2.24, 2.45) is 0 Å². The molecule has 1 fully saturated rings. The highest BCUT2D eigenvalue weighted by atomic mass is 16.4. The summed E-state index contributed by atoms with van der Waals surface area (Å²) in [6, 6.07) is 1.56. The van der Waals surface area contributed by atoms with Gasteiger partial charge in [0.05, 0.1) is 6.54 Å². The van der Waals surface area contributed by atoms with E-state index in [4.69, 9.17) is 5.11 Å². The second kappa shape index (κ2) is 6.53. The number of Topliss-reactive ketones (excluding diaryl/α,β-unsaturated/α-hetero) is 1. The molecule has 1 aliphatic heterocycles. The summed E-state index contributed by atoms with van der Waals surface area (Å²) in [6.45, 7) is 3.73. The minimum absolute atomic E-state index is 0.000975. The Kier molecular flexibility index (Phi) is 4.74. The number of aromatic nitrogens is 1. The predicted octanol–water partition coefficient (Wildman–Crippen LogP) is 0.450. The first-order chi connectivity index (χ1) is 9.97. The van der Waals surface area contributed by atoms with Gasteiger partial charge in [-0.2, -0.15) is 0 Å².